The van der Waals surface area contributed by atoms with E-state index in [9.17, 15) is 4.79 Å². The Morgan fingerprint density at radius 3 is 2.32 bits per heavy atom. The Bertz CT molecular complexity index is 507. The van der Waals surface area contributed by atoms with Crippen LogP contribution in [0.3, 0.4) is 0 Å². The van der Waals surface area contributed by atoms with Crippen LogP contribution < -0.4 is 4.57 Å². The third-order valence-corrected chi connectivity index (χ3v) is 3.29. The molecule has 1 aromatic heterocycles. The van der Waals surface area contributed by atoms with Crippen LogP contribution in [0.5, 0.6) is 0 Å². The maximum atomic E-state index is 12.6. The van der Waals surface area contributed by atoms with Crippen molar-refractivity contribution >= 4 is 5.78 Å². The summed E-state index contributed by atoms with van der Waals surface area (Å²) in [7, 11) is 0. The minimum atomic E-state index is -0.0939. The van der Waals surface area contributed by atoms with E-state index in [4.69, 9.17) is 0 Å². The number of nitrogens with zero attached hydrogens (tertiary/aromatic N) is 1. The lowest BCUT2D eigenvalue weighted by Crippen LogP contribution is -2.43. The van der Waals surface area contributed by atoms with Gasteiger partial charge >= 0.3 is 0 Å². The minimum absolute atomic E-state index is 0.0939. The van der Waals surface area contributed by atoms with E-state index >= 15 is 0 Å². The Labute approximate surface area is 114 Å². The molecule has 0 N–H and O–H groups in total. The van der Waals surface area contributed by atoms with Gasteiger partial charge in [0.05, 0.1) is 0 Å². The van der Waals surface area contributed by atoms with Gasteiger partial charge in [0.15, 0.2) is 12.4 Å². The van der Waals surface area contributed by atoms with Crippen LogP contribution in [0.1, 0.15) is 42.6 Å². The Kier molecular flexibility index (Phi) is 4.85. The molecule has 2 rings (SSSR count). The van der Waals surface area contributed by atoms with Crippen molar-refractivity contribution < 1.29 is 9.36 Å². The highest BCUT2D eigenvalue weighted by molar-refractivity contribution is 5.97. The molecule has 0 aliphatic rings. The van der Waals surface area contributed by atoms with Crippen molar-refractivity contribution in [2.45, 2.75) is 32.2 Å². The number of carbonyl (C=O) groups excluding carboxylic acids is 1. The highest BCUT2D eigenvalue weighted by Gasteiger charge is 2.27. The number of carbonyl (C=O) groups is 1. The lowest BCUT2D eigenvalue weighted by atomic mass is 9.99. The monoisotopic (exact) mass is 254 g/mol. The molecule has 2 nitrogen and oxygen atoms in total. The molecule has 2 aromatic rings. The maximum absolute atomic E-state index is 12.6. The number of rotatable bonds is 6. The topological polar surface area (TPSA) is 20.9 Å². The van der Waals surface area contributed by atoms with Gasteiger partial charge in [0, 0.05) is 24.1 Å². The molecule has 1 aromatic carbocycles. The molecule has 0 fully saturated rings. The Balaban J connectivity index is 2.25. The minimum Gasteiger partial charge on any atom is -0.287 e. The largest absolute Gasteiger partial charge is 0.287 e. The van der Waals surface area contributed by atoms with E-state index < -0.39 is 0 Å². The zero-order valence-electron chi connectivity index (χ0n) is 11.3. The smallest absolute Gasteiger partial charge is 0.230 e. The second kappa shape index (κ2) is 6.83. The number of hydrogen-bond acceptors (Lipinski definition) is 1. The lowest BCUT2D eigenvalue weighted by Gasteiger charge is -2.11. The summed E-state index contributed by atoms with van der Waals surface area (Å²) in [6.07, 6.45) is 7.00. The van der Waals surface area contributed by atoms with Crippen LogP contribution in [-0.4, -0.2) is 5.78 Å². The molecule has 0 saturated carbocycles. The van der Waals surface area contributed by atoms with E-state index in [0.29, 0.717) is 0 Å². The van der Waals surface area contributed by atoms with Crippen molar-refractivity contribution in [1.29, 1.82) is 0 Å². The summed E-state index contributed by atoms with van der Waals surface area (Å²) in [5, 5.41) is 0. The van der Waals surface area contributed by atoms with Gasteiger partial charge in [-0.3, -0.25) is 4.79 Å². The summed E-state index contributed by atoms with van der Waals surface area (Å²) in [5.41, 5.74) is 0.792. The van der Waals surface area contributed by atoms with Crippen LogP contribution >= 0.6 is 0 Å². The molecule has 0 spiro atoms. The summed E-state index contributed by atoms with van der Waals surface area (Å²) >= 11 is 0. The number of benzene rings is 1. The van der Waals surface area contributed by atoms with Crippen molar-refractivity contribution in [2.24, 2.45) is 0 Å². The van der Waals surface area contributed by atoms with Crippen LogP contribution in [0.15, 0.2) is 60.9 Å². The fraction of sp³-hybridized carbons (Fsp3) is 0.294. The van der Waals surface area contributed by atoms with E-state index in [0.717, 1.165) is 24.8 Å². The first kappa shape index (κ1) is 13.5. The van der Waals surface area contributed by atoms with E-state index in [2.05, 4.69) is 6.92 Å². The van der Waals surface area contributed by atoms with Crippen molar-refractivity contribution in [3.63, 3.8) is 0 Å². The van der Waals surface area contributed by atoms with Crippen LogP contribution in [0.25, 0.3) is 0 Å². The fourth-order valence-electron chi connectivity index (χ4n) is 2.23. The van der Waals surface area contributed by atoms with E-state index in [1.54, 1.807) is 0 Å². The summed E-state index contributed by atoms with van der Waals surface area (Å²) in [5.74, 6) is 0.199. The fourth-order valence-corrected chi connectivity index (χ4v) is 2.23. The number of aromatic nitrogens is 1. The van der Waals surface area contributed by atoms with Gasteiger partial charge in [-0.25, -0.2) is 0 Å². The molecular weight excluding hydrogens is 234 g/mol. The molecular formula is C17H20NO+. The zero-order valence-corrected chi connectivity index (χ0v) is 11.3. The van der Waals surface area contributed by atoms with Crippen molar-refractivity contribution in [1.82, 2.24) is 0 Å². The highest BCUT2D eigenvalue weighted by atomic mass is 16.1. The molecule has 19 heavy (non-hydrogen) atoms. The molecule has 1 unspecified atom stereocenters. The van der Waals surface area contributed by atoms with E-state index in [1.807, 2.05) is 65.5 Å². The van der Waals surface area contributed by atoms with E-state index in [1.165, 1.54) is 0 Å². The third-order valence-electron chi connectivity index (χ3n) is 3.29. The quantitative estimate of drug-likeness (QED) is 0.570. The van der Waals surface area contributed by atoms with Crippen molar-refractivity contribution in [2.75, 3.05) is 0 Å². The van der Waals surface area contributed by atoms with Crippen LogP contribution in [0.4, 0.5) is 0 Å². The van der Waals surface area contributed by atoms with Gasteiger partial charge in [0.25, 0.3) is 0 Å². The van der Waals surface area contributed by atoms with Crippen LogP contribution in [0, 0.1) is 0 Å². The molecule has 0 aliphatic heterocycles. The number of unbranched alkanes of at least 4 members (excludes halogenated alkanes) is 1. The average Bonchev–Trinajstić information content (AvgIpc) is 2.49. The van der Waals surface area contributed by atoms with Gasteiger partial charge in [-0.15, -0.1) is 0 Å². The predicted molar refractivity (Wildman–Crippen MR) is 76.0 cm³/mol. The molecule has 1 heterocycles. The second-order valence-corrected chi connectivity index (χ2v) is 4.71. The van der Waals surface area contributed by atoms with Gasteiger partial charge in [0.2, 0.25) is 11.8 Å². The van der Waals surface area contributed by atoms with Gasteiger partial charge in [-0.2, -0.15) is 4.57 Å². The third kappa shape index (κ3) is 3.50. The normalized spacial score (nSPS) is 12.1. The molecule has 0 amide bonds. The molecule has 2 heteroatoms. The Hall–Kier alpha value is -1.96. The second-order valence-electron chi connectivity index (χ2n) is 4.71. The number of hydrogen-bond donors (Lipinski definition) is 0. The number of ketones is 1. The SMILES string of the molecule is CCCCC(C(=O)c1ccccc1)[n+]1ccccc1. The standard InChI is InChI=1S/C17H20NO/c1-2-3-12-16(18-13-8-5-9-14-18)17(19)15-10-6-4-7-11-15/h4-11,13-14,16H,2-3,12H2,1H3/q+1. The molecule has 0 radical (unpaired) electrons. The molecule has 98 valence electrons. The first-order valence-corrected chi connectivity index (χ1v) is 6.88. The first-order valence-electron chi connectivity index (χ1n) is 6.88. The van der Waals surface area contributed by atoms with Crippen molar-refractivity contribution in [3.8, 4) is 0 Å². The predicted octanol–water partition coefficient (Wildman–Crippen LogP) is 3.59. The van der Waals surface area contributed by atoms with Gasteiger partial charge < -0.3 is 0 Å². The van der Waals surface area contributed by atoms with E-state index in [-0.39, 0.29) is 11.8 Å². The lowest BCUT2D eigenvalue weighted by molar-refractivity contribution is -0.708. The molecule has 0 bridgehead atoms. The van der Waals surface area contributed by atoms with Gasteiger partial charge in [-0.1, -0.05) is 49.7 Å². The van der Waals surface area contributed by atoms with Crippen LogP contribution in [0.2, 0.25) is 0 Å². The van der Waals surface area contributed by atoms with Gasteiger partial charge in [-0.05, 0) is 6.42 Å². The molecule has 0 saturated heterocycles. The summed E-state index contributed by atoms with van der Waals surface area (Å²) in [6.45, 7) is 2.15. The molecule has 0 aliphatic carbocycles. The maximum Gasteiger partial charge on any atom is 0.230 e. The van der Waals surface area contributed by atoms with Crippen LogP contribution in [-0.2, 0) is 0 Å². The summed E-state index contributed by atoms with van der Waals surface area (Å²) in [4.78, 5) is 12.6. The summed E-state index contributed by atoms with van der Waals surface area (Å²) < 4.78 is 2.02. The zero-order chi connectivity index (χ0) is 13.5. The average molecular weight is 254 g/mol. The molecule has 1 atom stereocenters. The number of Topliss-reactive ketones (excluding diaryl/α,β-unsaturated/α-hetero) is 1. The first-order chi connectivity index (χ1) is 9.33. The van der Waals surface area contributed by atoms with Crippen molar-refractivity contribution in [3.05, 3.63) is 66.5 Å². The number of pyridine rings is 1. The Morgan fingerprint density at radius 2 is 1.68 bits per heavy atom. The van der Waals surface area contributed by atoms with Gasteiger partial charge in [0.1, 0.15) is 0 Å². The summed E-state index contributed by atoms with van der Waals surface area (Å²) in [6, 6.07) is 15.4. The Morgan fingerprint density at radius 1 is 1.05 bits per heavy atom. The highest BCUT2D eigenvalue weighted by Crippen LogP contribution is 2.15.